The Balaban J connectivity index is 2.43. The molecule has 2 aromatic heterocycles. The number of nitrogens with one attached hydrogen (secondary N) is 1. The lowest BCUT2D eigenvalue weighted by Crippen LogP contribution is -2.23. The van der Waals surface area contributed by atoms with Crippen LogP contribution in [0.15, 0.2) is 35.1 Å². The summed E-state index contributed by atoms with van der Waals surface area (Å²) in [6.45, 7) is 1.78. The predicted molar refractivity (Wildman–Crippen MR) is 68.6 cm³/mol. The number of H-pyrrole nitrogens is 1. The van der Waals surface area contributed by atoms with Gasteiger partial charge in [-0.15, -0.1) is 0 Å². The maximum absolute atomic E-state index is 12.4. The highest BCUT2D eigenvalue weighted by Crippen LogP contribution is 2.14. The molecule has 6 heteroatoms. The number of fused-ring (bicyclic) bond motifs is 1. The van der Waals surface area contributed by atoms with E-state index in [1.54, 1.807) is 19.1 Å². The van der Waals surface area contributed by atoms with Crippen molar-refractivity contribution < 1.29 is 0 Å². The molecule has 0 spiro atoms. The Kier molecular flexibility index (Phi) is 2.16. The minimum absolute atomic E-state index is 0.130. The Morgan fingerprint density at radius 2 is 2.00 bits per heavy atom. The SMILES string of the molecule is Cc1[nH]nc2nc(N)n(-c3ccccc3)c(=O)c12. The average molecular weight is 241 g/mol. The molecule has 0 aliphatic carbocycles. The lowest BCUT2D eigenvalue weighted by molar-refractivity contribution is 0.977. The molecular weight excluding hydrogens is 230 g/mol. The van der Waals surface area contributed by atoms with E-state index in [1.807, 2.05) is 18.2 Å². The van der Waals surface area contributed by atoms with Crippen molar-refractivity contribution in [2.75, 3.05) is 5.73 Å². The second kappa shape index (κ2) is 3.69. The minimum atomic E-state index is -0.213. The van der Waals surface area contributed by atoms with Crippen molar-refractivity contribution in [3.63, 3.8) is 0 Å². The topological polar surface area (TPSA) is 89.6 Å². The van der Waals surface area contributed by atoms with Crippen LogP contribution in [0.25, 0.3) is 16.7 Å². The Hall–Kier alpha value is -2.63. The van der Waals surface area contributed by atoms with Crippen molar-refractivity contribution in [2.24, 2.45) is 0 Å². The molecule has 0 radical (unpaired) electrons. The zero-order valence-corrected chi connectivity index (χ0v) is 9.71. The molecule has 0 aliphatic rings. The highest BCUT2D eigenvalue weighted by Gasteiger charge is 2.14. The number of nitrogen functional groups attached to an aromatic ring is 1. The van der Waals surface area contributed by atoms with E-state index in [2.05, 4.69) is 15.2 Å². The van der Waals surface area contributed by atoms with Gasteiger partial charge in [0.05, 0.1) is 5.69 Å². The summed E-state index contributed by atoms with van der Waals surface area (Å²) in [6, 6.07) is 9.17. The molecule has 0 bridgehead atoms. The van der Waals surface area contributed by atoms with Gasteiger partial charge in [-0.25, -0.2) is 4.57 Å². The van der Waals surface area contributed by atoms with Gasteiger partial charge in [0.15, 0.2) is 5.65 Å². The van der Waals surface area contributed by atoms with E-state index in [0.29, 0.717) is 22.4 Å². The van der Waals surface area contributed by atoms with Crippen molar-refractivity contribution >= 4 is 17.0 Å². The van der Waals surface area contributed by atoms with Crippen LogP contribution >= 0.6 is 0 Å². The van der Waals surface area contributed by atoms with Gasteiger partial charge in [0.2, 0.25) is 5.95 Å². The van der Waals surface area contributed by atoms with Gasteiger partial charge >= 0.3 is 0 Å². The third kappa shape index (κ3) is 1.39. The zero-order valence-electron chi connectivity index (χ0n) is 9.71. The number of aryl methyl sites for hydroxylation is 1. The van der Waals surface area contributed by atoms with Crippen molar-refractivity contribution in [2.45, 2.75) is 6.92 Å². The molecule has 6 nitrogen and oxygen atoms in total. The predicted octanol–water partition coefficient (Wildman–Crippen LogP) is 0.999. The maximum atomic E-state index is 12.4. The third-order valence-corrected chi connectivity index (χ3v) is 2.81. The number of hydrogen-bond acceptors (Lipinski definition) is 4. The van der Waals surface area contributed by atoms with Crippen LogP contribution in [-0.2, 0) is 0 Å². The smallest absolute Gasteiger partial charge is 0.270 e. The van der Waals surface area contributed by atoms with E-state index in [4.69, 9.17) is 5.73 Å². The Bertz CT molecular complexity index is 772. The van der Waals surface area contributed by atoms with Crippen molar-refractivity contribution in [1.82, 2.24) is 19.7 Å². The molecule has 0 unspecified atom stereocenters. The summed E-state index contributed by atoms with van der Waals surface area (Å²) in [5, 5.41) is 7.15. The highest BCUT2D eigenvalue weighted by molar-refractivity contribution is 5.77. The lowest BCUT2D eigenvalue weighted by Gasteiger charge is -2.08. The largest absolute Gasteiger partial charge is 0.369 e. The first kappa shape index (κ1) is 10.5. The molecule has 3 N–H and O–H groups in total. The van der Waals surface area contributed by atoms with E-state index in [-0.39, 0.29) is 11.5 Å². The summed E-state index contributed by atoms with van der Waals surface area (Å²) in [6.07, 6.45) is 0. The van der Waals surface area contributed by atoms with Gasteiger partial charge in [-0.3, -0.25) is 9.89 Å². The fraction of sp³-hybridized carbons (Fsp3) is 0.0833. The van der Waals surface area contributed by atoms with Gasteiger partial charge in [0, 0.05) is 5.69 Å². The average Bonchev–Trinajstić information content (AvgIpc) is 2.72. The molecule has 1 aromatic carbocycles. The van der Waals surface area contributed by atoms with Crippen LogP contribution in [0, 0.1) is 6.92 Å². The van der Waals surface area contributed by atoms with Crippen molar-refractivity contribution in [3.05, 3.63) is 46.4 Å². The summed E-state index contributed by atoms with van der Waals surface area (Å²) in [5.74, 6) is 0.130. The number of para-hydroxylation sites is 1. The molecule has 18 heavy (non-hydrogen) atoms. The highest BCUT2D eigenvalue weighted by atomic mass is 16.1. The van der Waals surface area contributed by atoms with Gasteiger partial charge in [-0.2, -0.15) is 10.1 Å². The molecule has 90 valence electrons. The molecule has 0 fully saturated rings. The van der Waals surface area contributed by atoms with E-state index < -0.39 is 0 Å². The first-order chi connectivity index (χ1) is 8.68. The molecule has 0 saturated heterocycles. The van der Waals surface area contributed by atoms with Gasteiger partial charge in [-0.1, -0.05) is 18.2 Å². The van der Waals surface area contributed by atoms with Crippen LogP contribution in [0.5, 0.6) is 0 Å². The minimum Gasteiger partial charge on any atom is -0.369 e. The van der Waals surface area contributed by atoms with Gasteiger partial charge in [-0.05, 0) is 19.1 Å². The fourth-order valence-corrected chi connectivity index (χ4v) is 1.95. The molecule has 0 saturated carbocycles. The normalized spacial score (nSPS) is 10.9. The van der Waals surface area contributed by atoms with Gasteiger partial charge < -0.3 is 5.73 Å². The van der Waals surface area contributed by atoms with Crippen LogP contribution in [0.4, 0.5) is 5.95 Å². The van der Waals surface area contributed by atoms with E-state index in [9.17, 15) is 4.79 Å². The molecule has 0 aliphatic heterocycles. The molecular formula is C12H11N5O. The molecule has 0 amide bonds. The van der Waals surface area contributed by atoms with Crippen LogP contribution in [0.2, 0.25) is 0 Å². The Morgan fingerprint density at radius 1 is 1.28 bits per heavy atom. The summed E-state index contributed by atoms with van der Waals surface area (Å²) < 4.78 is 1.38. The van der Waals surface area contributed by atoms with Crippen molar-refractivity contribution in [1.29, 1.82) is 0 Å². The molecule has 0 atom stereocenters. The zero-order chi connectivity index (χ0) is 12.7. The summed E-state index contributed by atoms with van der Waals surface area (Å²) in [5.41, 5.74) is 7.34. The number of nitrogens with two attached hydrogens (primary N) is 1. The third-order valence-electron chi connectivity index (χ3n) is 2.81. The van der Waals surface area contributed by atoms with Crippen LogP contribution < -0.4 is 11.3 Å². The molecule has 3 rings (SSSR count). The first-order valence-electron chi connectivity index (χ1n) is 5.47. The maximum Gasteiger partial charge on any atom is 0.270 e. The molecule has 3 aromatic rings. The summed E-state index contributed by atoms with van der Waals surface area (Å²) >= 11 is 0. The van der Waals surface area contributed by atoms with Gasteiger partial charge in [0.1, 0.15) is 5.39 Å². The van der Waals surface area contributed by atoms with Crippen LogP contribution in [0.3, 0.4) is 0 Å². The number of aromatic nitrogens is 4. The monoisotopic (exact) mass is 241 g/mol. The fourth-order valence-electron chi connectivity index (χ4n) is 1.95. The molecule has 2 heterocycles. The van der Waals surface area contributed by atoms with Crippen LogP contribution in [0.1, 0.15) is 5.69 Å². The van der Waals surface area contributed by atoms with Crippen LogP contribution in [-0.4, -0.2) is 19.7 Å². The Morgan fingerprint density at radius 3 is 2.72 bits per heavy atom. The number of anilines is 1. The summed E-state index contributed by atoms with van der Waals surface area (Å²) in [7, 11) is 0. The first-order valence-corrected chi connectivity index (χ1v) is 5.47. The van der Waals surface area contributed by atoms with E-state index in [0.717, 1.165) is 0 Å². The number of nitrogens with zero attached hydrogens (tertiary/aromatic N) is 3. The van der Waals surface area contributed by atoms with Crippen molar-refractivity contribution in [3.8, 4) is 5.69 Å². The second-order valence-electron chi connectivity index (χ2n) is 3.99. The number of aromatic amines is 1. The van der Waals surface area contributed by atoms with Gasteiger partial charge in [0.25, 0.3) is 5.56 Å². The quantitative estimate of drug-likeness (QED) is 0.665. The van der Waals surface area contributed by atoms with E-state index in [1.165, 1.54) is 4.57 Å². The lowest BCUT2D eigenvalue weighted by atomic mass is 10.3. The number of benzene rings is 1. The second-order valence-corrected chi connectivity index (χ2v) is 3.99. The Labute approximate surface area is 102 Å². The summed E-state index contributed by atoms with van der Waals surface area (Å²) in [4.78, 5) is 16.5. The van der Waals surface area contributed by atoms with E-state index >= 15 is 0 Å². The standard InChI is InChI=1S/C12H11N5O/c1-7-9-10(16-15-7)14-12(13)17(11(9)18)8-5-3-2-4-6-8/h2-6H,1H3,(H3,13,14,15,16). The number of rotatable bonds is 1. The number of hydrogen-bond donors (Lipinski definition) is 2.